The third-order valence-corrected chi connectivity index (χ3v) is 0. The number of hydrogen-bond donors (Lipinski definition) is 0. The number of nitriles is 2. The Morgan fingerprint density at radius 3 is 1.00 bits per heavy atom. The zero-order chi connectivity index (χ0) is 5.41. The second-order valence-corrected chi connectivity index (χ2v) is 0.548. The van der Waals surface area contributed by atoms with Crippen molar-refractivity contribution in [2.45, 2.75) is 0 Å². The monoisotopic (exact) mass is 326 g/mol. The van der Waals surface area contributed by atoms with Crippen molar-refractivity contribution in [1.82, 2.24) is 0 Å². The molecule has 0 aromatic heterocycles. The van der Waals surface area contributed by atoms with E-state index < -0.39 is 0 Å². The first-order chi connectivity index (χ1) is 2.83. The van der Waals surface area contributed by atoms with Crippen LogP contribution in [-0.2, 0) is 25.3 Å². The third-order valence-electron chi connectivity index (χ3n) is 0. The summed E-state index contributed by atoms with van der Waals surface area (Å²) in [5.41, 5.74) is 0. The van der Waals surface area contributed by atoms with Crippen LogP contribution in [0.2, 0.25) is 0 Å². The molecule has 7 heavy (non-hydrogen) atoms. The predicted molar refractivity (Wildman–Crippen MR) is 34.5 cm³/mol. The van der Waals surface area contributed by atoms with E-state index in [2.05, 4.69) is 25.3 Å². The molecule has 0 N–H and O–H groups in total. The van der Waals surface area contributed by atoms with Crippen LogP contribution in [0.4, 0.5) is 0 Å². The van der Waals surface area contributed by atoms with Crippen LogP contribution in [0, 0.1) is 21.3 Å². The molecule has 0 radical (unpaired) electrons. The molecule has 5 heteroatoms. The van der Waals surface area contributed by atoms with Crippen molar-refractivity contribution >= 4 is 52.6 Å². The molecule has 0 aromatic rings. The van der Waals surface area contributed by atoms with Gasteiger partial charge in [-0.1, -0.05) is 10.8 Å². The first kappa shape index (κ1) is 15.7. The molecule has 0 aliphatic carbocycles. The van der Waals surface area contributed by atoms with Gasteiger partial charge in [-0.3, -0.25) is 0 Å². The molecule has 2 nitrogen and oxygen atoms in total. The average Bonchev–Trinajstić information content (AvgIpc) is 1.39. The van der Waals surface area contributed by atoms with Crippen LogP contribution in [0.15, 0.2) is 0 Å². The molecular weight excluding hydrogens is 323 g/mol. The first-order valence-electron chi connectivity index (χ1n) is 0.855. The van der Waals surface area contributed by atoms with Crippen molar-refractivity contribution in [3.05, 3.63) is 0 Å². The minimum absolute atomic E-state index is 0. The van der Waals surface area contributed by atoms with Gasteiger partial charge in [-0.2, -0.15) is 0 Å². The van der Waals surface area contributed by atoms with Crippen molar-refractivity contribution < 1.29 is 0 Å². The molecule has 0 aliphatic heterocycles. The van der Waals surface area contributed by atoms with Gasteiger partial charge in [-0.05, 0) is 0 Å². The molecule has 0 saturated carbocycles. The molecule has 0 bridgehead atoms. The number of thiocyanates is 2. The number of nitrogens with zero attached hydrogens (tertiary/aromatic N) is 2. The van der Waals surface area contributed by atoms with E-state index in [0.717, 1.165) is 0 Å². The van der Waals surface area contributed by atoms with Crippen molar-refractivity contribution in [3.8, 4) is 10.8 Å². The Balaban J connectivity index is -0.0000000400. The standard InChI is InChI=1S/2CHNS.Pb.2H/c2*2-1-3;;;/h2*3H;;;/q;;+2;;/p-2. The molecule has 0 saturated heterocycles. The molecule has 0 amide bonds. The maximum absolute atomic E-state index is 7.13. The van der Waals surface area contributed by atoms with Gasteiger partial charge in [-0.15, -0.1) is 0 Å². The summed E-state index contributed by atoms with van der Waals surface area (Å²) in [6, 6.07) is 0. The van der Waals surface area contributed by atoms with Gasteiger partial charge in [0, 0.05) is 0 Å². The summed E-state index contributed by atoms with van der Waals surface area (Å²) in [5.74, 6) is 0. The molecule has 0 unspecified atom stereocenters. The SMILES string of the molecule is N#C[S-].N#C[S-].[PbH2+2]. The fourth-order valence-corrected chi connectivity index (χ4v) is 0. The van der Waals surface area contributed by atoms with Crippen molar-refractivity contribution in [1.29, 1.82) is 10.5 Å². The Morgan fingerprint density at radius 2 is 1.00 bits per heavy atom. The van der Waals surface area contributed by atoms with Crippen LogP contribution in [0.3, 0.4) is 0 Å². The molecule has 0 fully saturated rings. The molecule has 0 heterocycles. The molecule has 0 rings (SSSR count). The zero-order valence-corrected chi connectivity index (χ0v) is 10.5. The van der Waals surface area contributed by atoms with E-state index in [-0.39, 0.29) is 27.3 Å². The van der Waals surface area contributed by atoms with Gasteiger partial charge in [0.2, 0.25) is 0 Å². The summed E-state index contributed by atoms with van der Waals surface area (Å²) in [6.07, 6.45) is 0. The van der Waals surface area contributed by atoms with Crippen LogP contribution in [-0.4, -0.2) is 27.3 Å². The second-order valence-electron chi connectivity index (χ2n) is 0.183. The number of rotatable bonds is 0. The van der Waals surface area contributed by atoms with Crippen molar-refractivity contribution in [2.24, 2.45) is 0 Å². The third kappa shape index (κ3) is 1020. The summed E-state index contributed by atoms with van der Waals surface area (Å²) >= 11 is 7.40. The van der Waals surface area contributed by atoms with Gasteiger partial charge in [0.05, 0.1) is 0 Å². The van der Waals surface area contributed by atoms with Crippen LogP contribution in [0.5, 0.6) is 0 Å². The predicted octanol–water partition coefficient (Wildman–Crippen LogP) is -0.887. The summed E-state index contributed by atoms with van der Waals surface area (Å²) < 4.78 is 0. The van der Waals surface area contributed by atoms with E-state index in [1.165, 1.54) is 10.8 Å². The maximum atomic E-state index is 7.13. The van der Waals surface area contributed by atoms with Gasteiger partial charge >= 0.3 is 27.3 Å². The fraction of sp³-hybridized carbons (Fsp3) is 0. The van der Waals surface area contributed by atoms with Gasteiger partial charge in [0.1, 0.15) is 0 Å². The first-order valence-corrected chi connectivity index (χ1v) is 1.67. The van der Waals surface area contributed by atoms with Crippen LogP contribution in [0.25, 0.3) is 0 Å². The fourth-order valence-electron chi connectivity index (χ4n) is 0. The van der Waals surface area contributed by atoms with Gasteiger partial charge in [0.15, 0.2) is 0 Å². The molecule has 36 valence electrons. The number of hydrogen-bond acceptors (Lipinski definition) is 4. The van der Waals surface area contributed by atoms with Crippen LogP contribution >= 0.6 is 0 Å². The molecular formula is C2H2N2PbS2. The second kappa shape index (κ2) is 33.0. The molecule has 0 aliphatic rings. The quantitative estimate of drug-likeness (QED) is 0.329. The Kier molecular flexibility index (Phi) is 73.8. The van der Waals surface area contributed by atoms with Crippen molar-refractivity contribution in [2.75, 3.05) is 0 Å². The van der Waals surface area contributed by atoms with Gasteiger partial charge < -0.3 is 25.3 Å². The van der Waals surface area contributed by atoms with Crippen LogP contribution in [0.1, 0.15) is 0 Å². The summed E-state index contributed by atoms with van der Waals surface area (Å²) in [6.45, 7) is 0. The summed E-state index contributed by atoms with van der Waals surface area (Å²) in [4.78, 5) is 0. The summed E-state index contributed by atoms with van der Waals surface area (Å²) in [5, 5.41) is 16.9. The van der Waals surface area contributed by atoms with Crippen molar-refractivity contribution in [3.63, 3.8) is 0 Å². The van der Waals surface area contributed by atoms with E-state index in [1.807, 2.05) is 0 Å². The topological polar surface area (TPSA) is 47.6 Å². The van der Waals surface area contributed by atoms with E-state index in [1.54, 1.807) is 0 Å². The minimum atomic E-state index is 0. The van der Waals surface area contributed by atoms with E-state index in [0.29, 0.717) is 0 Å². The summed E-state index contributed by atoms with van der Waals surface area (Å²) in [7, 11) is 0. The Hall–Kier alpha value is 0.342. The van der Waals surface area contributed by atoms with E-state index in [9.17, 15) is 0 Å². The zero-order valence-electron chi connectivity index (χ0n) is 3.42. The van der Waals surface area contributed by atoms with Gasteiger partial charge in [-0.25, -0.2) is 10.5 Å². The van der Waals surface area contributed by atoms with E-state index >= 15 is 0 Å². The van der Waals surface area contributed by atoms with Gasteiger partial charge in [0.25, 0.3) is 0 Å². The Morgan fingerprint density at radius 1 is 1.00 bits per heavy atom. The molecule has 0 spiro atoms. The average molecular weight is 325 g/mol. The van der Waals surface area contributed by atoms with Crippen LogP contribution < -0.4 is 0 Å². The Labute approximate surface area is 73.5 Å². The Bertz CT molecular complexity index is 68.7. The van der Waals surface area contributed by atoms with E-state index in [4.69, 9.17) is 10.5 Å². The molecule has 0 atom stereocenters. The molecule has 0 aromatic carbocycles. The normalized spacial score (nSPS) is 2.00.